The molecular weight excluding hydrogens is 346 g/mol. The molecule has 0 radical (unpaired) electrons. The second kappa shape index (κ2) is 7.12. The molecule has 1 aliphatic rings. The van der Waals surface area contributed by atoms with Crippen LogP contribution in [0, 0.1) is 5.41 Å². The fraction of sp³-hybridized carbons (Fsp3) is 0.765. The lowest BCUT2D eigenvalue weighted by Gasteiger charge is -2.47. The second-order valence-electron chi connectivity index (χ2n) is 6.95. The molecular formula is C17H28BrNOS. The van der Waals surface area contributed by atoms with Gasteiger partial charge < -0.3 is 10.1 Å². The van der Waals surface area contributed by atoms with E-state index in [9.17, 15) is 0 Å². The van der Waals surface area contributed by atoms with Crippen LogP contribution in [-0.2, 0) is 11.2 Å². The number of hydrogen-bond donors (Lipinski definition) is 1. The third-order valence-corrected chi connectivity index (χ3v) is 6.62. The number of nitrogens with one attached hydrogen (secondary N) is 1. The summed E-state index contributed by atoms with van der Waals surface area (Å²) in [7, 11) is 1.90. The molecule has 1 N–H and O–H groups in total. The SMILES string of the molecule is CCNC(Cc1ccc(Br)s1)C1(OC)CCC(C)(C)CC1. The molecule has 21 heavy (non-hydrogen) atoms. The van der Waals surface area contributed by atoms with Crippen molar-refractivity contribution in [3.8, 4) is 0 Å². The number of ether oxygens (including phenoxy) is 1. The Balaban J connectivity index is 2.14. The molecule has 1 fully saturated rings. The van der Waals surface area contributed by atoms with Gasteiger partial charge in [-0.3, -0.25) is 0 Å². The first kappa shape index (κ1) is 17.5. The highest BCUT2D eigenvalue weighted by molar-refractivity contribution is 9.11. The van der Waals surface area contributed by atoms with Gasteiger partial charge >= 0.3 is 0 Å². The van der Waals surface area contributed by atoms with Crippen LogP contribution in [0.4, 0.5) is 0 Å². The van der Waals surface area contributed by atoms with Gasteiger partial charge in [0.2, 0.25) is 0 Å². The molecule has 0 aromatic carbocycles. The minimum Gasteiger partial charge on any atom is -0.377 e. The van der Waals surface area contributed by atoms with E-state index in [4.69, 9.17) is 4.74 Å². The van der Waals surface area contributed by atoms with Crippen LogP contribution in [-0.4, -0.2) is 25.3 Å². The Morgan fingerprint density at radius 3 is 2.43 bits per heavy atom. The number of likely N-dealkylation sites (N-methyl/N-ethyl adjacent to an activating group) is 1. The maximum Gasteiger partial charge on any atom is 0.0834 e. The van der Waals surface area contributed by atoms with E-state index in [2.05, 4.69) is 54.2 Å². The van der Waals surface area contributed by atoms with E-state index in [1.807, 2.05) is 18.4 Å². The highest BCUT2D eigenvalue weighted by Crippen LogP contribution is 2.44. The maximum absolute atomic E-state index is 6.10. The van der Waals surface area contributed by atoms with Crippen molar-refractivity contribution in [2.24, 2.45) is 5.41 Å². The summed E-state index contributed by atoms with van der Waals surface area (Å²) in [6, 6.07) is 4.77. The highest BCUT2D eigenvalue weighted by Gasteiger charge is 2.44. The number of thiophene rings is 1. The Morgan fingerprint density at radius 1 is 1.29 bits per heavy atom. The average molecular weight is 374 g/mol. The molecule has 0 amide bonds. The van der Waals surface area contributed by atoms with Gasteiger partial charge in [0.15, 0.2) is 0 Å². The van der Waals surface area contributed by atoms with Crippen LogP contribution >= 0.6 is 27.3 Å². The first-order valence-electron chi connectivity index (χ1n) is 7.93. The molecule has 2 rings (SSSR count). The molecule has 120 valence electrons. The standard InChI is InChI=1S/C17H28BrNOS/c1-5-19-14(12-13-6-7-15(18)21-13)17(20-4)10-8-16(2,3)9-11-17/h6-7,14,19H,5,8-12H2,1-4H3. The summed E-state index contributed by atoms with van der Waals surface area (Å²) in [6.07, 6.45) is 5.85. The molecule has 0 bridgehead atoms. The summed E-state index contributed by atoms with van der Waals surface area (Å²) in [5, 5.41) is 3.70. The quantitative estimate of drug-likeness (QED) is 0.755. The molecule has 1 aromatic rings. The fourth-order valence-corrected chi connectivity index (χ4v) is 4.93. The van der Waals surface area contributed by atoms with Crippen molar-refractivity contribution < 1.29 is 4.74 Å². The van der Waals surface area contributed by atoms with Crippen LogP contribution in [0.1, 0.15) is 51.3 Å². The number of halogens is 1. The van der Waals surface area contributed by atoms with Crippen LogP contribution in [0.5, 0.6) is 0 Å². The summed E-state index contributed by atoms with van der Waals surface area (Å²) < 4.78 is 7.31. The summed E-state index contributed by atoms with van der Waals surface area (Å²) in [6.45, 7) is 7.94. The smallest absolute Gasteiger partial charge is 0.0834 e. The predicted molar refractivity (Wildman–Crippen MR) is 95.2 cm³/mol. The van der Waals surface area contributed by atoms with Crippen LogP contribution in [0.3, 0.4) is 0 Å². The summed E-state index contributed by atoms with van der Waals surface area (Å²) in [4.78, 5) is 1.43. The van der Waals surface area contributed by atoms with Crippen molar-refractivity contribution in [2.45, 2.75) is 64.5 Å². The molecule has 1 heterocycles. The third kappa shape index (κ3) is 4.31. The molecule has 1 aromatic heterocycles. The maximum atomic E-state index is 6.10. The summed E-state index contributed by atoms with van der Waals surface area (Å²) >= 11 is 5.41. The van der Waals surface area contributed by atoms with Crippen molar-refractivity contribution in [2.75, 3.05) is 13.7 Å². The lowest BCUT2D eigenvalue weighted by molar-refractivity contribution is -0.0857. The molecule has 1 aliphatic carbocycles. The van der Waals surface area contributed by atoms with E-state index in [-0.39, 0.29) is 5.60 Å². The van der Waals surface area contributed by atoms with Crippen LogP contribution in [0.25, 0.3) is 0 Å². The predicted octanol–water partition coefficient (Wildman–Crippen LogP) is 5.02. The lowest BCUT2D eigenvalue weighted by Crippen LogP contribution is -2.55. The van der Waals surface area contributed by atoms with Crippen molar-refractivity contribution in [1.29, 1.82) is 0 Å². The minimum absolute atomic E-state index is 0.0119. The molecule has 1 unspecified atom stereocenters. The molecule has 4 heteroatoms. The second-order valence-corrected chi connectivity index (χ2v) is 9.50. The molecule has 0 spiro atoms. The van der Waals surface area contributed by atoms with Crippen molar-refractivity contribution in [1.82, 2.24) is 5.32 Å². The van der Waals surface area contributed by atoms with Gasteiger partial charge in [-0.15, -0.1) is 11.3 Å². The number of methoxy groups -OCH3 is 1. The van der Waals surface area contributed by atoms with Gasteiger partial charge in [-0.2, -0.15) is 0 Å². The lowest BCUT2D eigenvalue weighted by atomic mass is 9.68. The van der Waals surface area contributed by atoms with Gasteiger partial charge in [0.1, 0.15) is 0 Å². The zero-order chi connectivity index (χ0) is 15.5. The van der Waals surface area contributed by atoms with Crippen molar-refractivity contribution >= 4 is 27.3 Å². The molecule has 0 aliphatic heterocycles. The number of hydrogen-bond acceptors (Lipinski definition) is 3. The van der Waals surface area contributed by atoms with Crippen molar-refractivity contribution in [3.63, 3.8) is 0 Å². The monoisotopic (exact) mass is 373 g/mol. The largest absolute Gasteiger partial charge is 0.377 e. The molecule has 1 saturated carbocycles. The van der Waals surface area contributed by atoms with E-state index >= 15 is 0 Å². The highest BCUT2D eigenvalue weighted by atomic mass is 79.9. The van der Waals surface area contributed by atoms with E-state index in [1.54, 1.807) is 0 Å². The molecule has 1 atom stereocenters. The Morgan fingerprint density at radius 2 is 1.95 bits per heavy atom. The summed E-state index contributed by atoms with van der Waals surface area (Å²) in [5.41, 5.74) is 0.451. The molecule has 2 nitrogen and oxygen atoms in total. The average Bonchev–Trinajstić information content (AvgIpc) is 2.85. The van der Waals surface area contributed by atoms with E-state index in [0.717, 1.165) is 25.8 Å². The Hall–Kier alpha value is 0.1000. The zero-order valence-electron chi connectivity index (χ0n) is 13.7. The summed E-state index contributed by atoms with van der Waals surface area (Å²) in [5.74, 6) is 0. The molecule has 0 saturated heterocycles. The normalized spacial score (nSPS) is 22.1. The van der Waals surface area contributed by atoms with Gasteiger partial charge in [-0.25, -0.2) is 0 Å². The van der Waals surface area contributed by atoms with Gasteiger partial charge in [-0.05, 0) is 72.1 Å². The first-order chi connectivity index (χ1) is 9.91. The van der Waals surface area contributed by atoms with Gasteiger partial charge in [0, 0.05) is 18.0 Å². The fourth-order valence-electron chi connectivity index (χ4n) is 3.40. The van der Waals surface area contributed by atoms with Crippen LogP contribution in [0.15, 0.2) is 15.9 Å². The van der Waals surface area contributed by atoms with Gasteiger partial charge in [-0.1, -0.05) is 20.8 Å². The Kier molecular flexibility index (Phi) is 5.91. The minimum atomic E-state index is -0.0119. The van der Waals surface area contributed by atoms with Crippen LogP contribution < -0.4 is 5.32 Å². The third-order valence-electron chi connectivity index (χ3n) is 4.98. The van der Waals surface area contributed by atoms with Gasteiger partial charge in [0.25, 0.3) is 0 Å². The first-order valence-corrected chi connectivity index (χ1v) is 9.54. The topological polar surface area (TPSA) is 21.3 Å². The Bertz CT molecular complexity index is 447. The van der Waals surface area contributed by atoms with E-state index < -0.39 is 0 Å². The van der Waals surface area contributed by atoms with Crippen molar-refractivity contribution in [3.05, 3.63) is 20.8 Å². The van der Waals surface area contributed by atoms with Crippen LogP contribution in [0.2, 0.25) is 0 Å². The van der Waals surface area contributed by atoms with E-state index in [0.29, 0.717) is 11.5 Å². The number of rotatable bonds is 6. The van der Waals surface area contributed by atoms with E-state index in [1.165, 1.54) is 21.5 Å². The Labute approximate surface area is 141 Å². The van der Waals surface area contributed by atoms with Gasteiger partial charge in [0.05, 0.1) is 9.39 Å². The zero-order valence-corrected chi connectivity index (χ0v) is 16.1.